The Bertz CT molecular complexity index is 297. The standard InChI is InChI=1S/C7H6F2N2/c1-11-7-3-5(9)4(8)2-6(7)10/h2-3H,1,10H2. The largest absolute Gasteiger partial charge is 0.397 e. The van der Waals surface area contributed by atoms with E-state index >= 15 is 0 Å². The number of halogens is 2. The van der Waals surface area contributed by atoms with Gasteiger partial charge >= 0.3 is 0 Å². The summed E-state index contributed by atoms with van der Waals surface area (Å²) in [6.45, 7) is 3.14. The van der Waals surface area contributed by atoms with Crippen LogP contribution in [0.3, 0.4) is 0 Å². The van der Waals surface area contributed by atoms with Crippen LogP contribution < -0.4 is 5.73 Å². The van der Waals surface area contributed by atoms with Crippen molar-refractivity contribution in [3.63, 3.8) is 0 Å². The molecule has 1 aromatic rings. The Labute approximate surface area is 62.4 Å². The van der Waals surface area contributed by atoms with Gasteiger partial charge in [0, 0.05) is 12.1 Å². The van der Waals surface area contributed by atoms with Gasteiger partial charge in [0.05, 0.1) is 11.4 Å². The van der Waals surface area contributed by atoms with Crippen molar-refractivity contribution in [3.05, 3.63) is 23.8 Å². The summed E-state index contributed by atoms with van der Waals surface area (Å²) in [4.78, 5) is 3.39. The SMILES string of the molecule is C=Nc1cc(F)c(F)cc1N. The van der Waals surface area contributed by atoms with Crippen LogP contribution in [0, 0.1) is 11.6 Å². The second-order valence-corrected chi connectivity index (χ2v) is 1.98. The zero-order valence-corrected chi connectivity index (χ0v) is 5.64. The van der Waals surface area contributed by atoms with Crippen LogP contribution in [0.1, 0.15) is 0 Å². The van der Waals surface area contributed by atoms with E-state index in [1.54, 1.807) is 0 Å². The molecule has 2 nitrogen and oxygen atoms in total. The topological polar surface area (TPSA) is 38.4 Å². The summed E-state index contributed by atoms with van der Waals surface area (Å²) in [6, 6.07) is 1.77. The van der Waals surface area contributed by atoms with E-state index in [4.69, 9.17) is 5.73 Å². The van der Waals surface area contributed by atoms with Gasteiger partial charge in [-0.2, -0.15) is 0 Å². The third-order valence-electron chi connectivity index (χ3n) is 1.24. The smallest absolute Gasteiger partial charge is 0.161 e. The zero-order valence-electron chi connectivity index (χ0n) is 5.64. The van der Waals surface area contributed by atoms with Gasteiger partial charge < -0.3 is 5.73 Å². The minimum absolute atomic E-state index is 0.0823. The highest BCUT2D eigenvalue weighted by Gasteiger charge is 2.05. The molecule has 0 saturated heterocycles. The van der Waals surface area contributed by atoms with Gasteiger partial charge in [-0.1, -0.05) is 0 Å². The first kappa shape index (κ1) is 7.65. The number of anilines is 1. The van der Waals surface area contributed by atoms with Gasteiger partial charge in [-0.05, 0) is 6.72 Å². The average Bonchev–Trinajstić information content (AvgIpc) is 1.97. The number of nitrogen functional groups attached to an aromatic ring is 1. The first-order chi connectivity index (χ1) is 5.15. The molecular formula is C7H6F2N2. The molecule has 4 heteroatoms. The molecule has 1 rings (SSSR count). The van der Waals surface area contributed by atoms with Crippen molar-refractivity contribution < 1.29 is 8.78 Å². The van der Waals surface area contributed by atoms with Crippen LogP contribution in [0.5, 0.6) is 0 Å². The highest BCUT2D eigenvalue weighted by molar-refractivity contribution is 5.64. The zero-order chi connectivity index (χ0) is 8.43. The van der Waals surface area contributed by atoms with Gasteiger partial charge in [-0.25, -0.2) is 8.78 Å². The number of benzene rings is 1. The third-order valence-corrected chi connectivity index (χ3v) is 1.24. The number of aliphatic imine (C=N–C) groups is 1. The van der Waals surface area contributed by atoms with Crippen LogP contribution in [0.15, 0.2) is 17.1 Å². The van der Waals surface area contributed by atoms with E-state index in [-0.39, 0.29) is 11.4 Å². The van der Waals surface area contributed by atoms with E-state index in [0.717, 1.165) is 12.1 Å². The van der Waals surface area contributed by atoms with E-state index in [9.17, 15) is 8.78 Å². The normalized spacial score (nSPS) is 9.64. The summed E-state index contributed by atoms with van der Waals surface area (Å²) in [5.41, 5.74) is 5.50. The summed E-state index contributed by atoms with van der Waals surface area (Å²) < 4.78 is 24.8. The number of nitrogens with zero attached hydrogens (tertiary/aromatic N) is 1. The quantitative estimate of drug-likeness (QED) is 0.489. The minimum Gasteiger partial charge on any atom is -0.397 e. The second-order valence-electron chi connectivity index (χ2n) is 1.98. The molecule has 0 radical (unpaired) electrons. The van der Waals surface area contributed by atoms with Crippen molar-refractivity contribution >= 4 is 18.1 Å². The molecule has 0 amide bonds. The summed E-state index contributed by atoms with van der Waals surface area (Å²) in [5.74, 6) is -1.95. The average molecular weight is 156 g/mol. The highest BCUT2D eigenvalue weighted by atomic mass is 19.2. The Kier molecular flexibility index (Phi) is 1.85. The molecule has 0 aliphatic rings. The molecule has 0 unspecified atom stereocenters. The van der Waals surface area contributed by atoms with Crippen LogP contribution >= 0.6 is 0 Å². The van der Waals surface area contributed by atoms with E-state index in [1.807, 2.05) is 0 Å². The third kappa shape index (κ3) is 1.34. The lowest BCUT2D eigenvalue weighted by molar-refractivity contribution is 0.509. The van der Waals surface area contributed by atoms with Gasteiger partial charge in [0.25, 0.3) is 0 Å². The van der Waals surface area contributed by atoms with Gasteiger partial charge in [-0.3, -0.25) is 4.99 Å². The van der Waals surface area contributed by atoms with Crippen LogP contribution in [0.2, 0.25) is 0 Å². The molecule has 0 atom stereocenters. The van der Waals surface area contributed by atoms with E-state index < -0.39 is 11.6 Å². The molecule has 0 aromatic heterocycles. The molecule has 1 aromatic carbocycles. The van der Waals surface area contributed by atoms with Crippen molar-refractivity contribution in [2.24, 2.45) is 4.99 Å². The molecule has 0 fully saturated rings. The molecule has 0 saturated carbocycles. The first-order valence-corrected chi connectivity index (χ1v) is 2.86. The maximum atomic E-state index is 12.4. The molecule has 0 bridgehead atoms. The molecule has 2 N–H and O–H groups in total. The Morgan fingerprint density at radius 3 is 2.36 bits per heavy atom. The second kappa shape index (κ2) is 2.65. The van der Waals surface area contributed by atoms with E-state index in [2.05, 4.69) is 11.7 Å². The van der Waals surface area contributed by atoms with Crippen molar-refractivity contribution in [2.75, 3.05) is 5.73 Å². The Balaban J connectivity index is 3.31. The van der Waals surface area contributed by atoms with Crippen LogP contribution in [0.4, 0.5) is 20.2 Å². The van der Waals surface area contributed by atoms with Crippen molar-refractivity contribution in [1.82, 2.24) is 0 Å². The highest BCUT2D eigenvalue weighted by Crippen LogP contribution is 2.23. The van der Waals surface area contributed by atoms with Gasteiger partial charge in [0.1, 0.15) is 0 Å². The lowest BCUT2D eigenvalue weighted by Gasteiger charge is -1.99. The van der Waals surface area contributed by atoms with Crippen molar-refractivity contribution in [2.45, 2.75) is 0 Å². The predicted molar refractivity (Wildman–Crippen MR) is 40.0 cm³/mol. The summed E-state index contributed by atoms with van der Waals surface area (Å²) >= 11 is 0. The molecule has 0 spiro atoms. The van der Waals surface area contributed by atoms with E-state index in [0.29, 0.717) is 0 Å². The van der Waals surface area contributed by atoms with Gasteiger partial charge in [-0.15, -0.1) is 0 Å². The number of hydrogen-bond acceptors (Lipinski definition) is 2. The fourth-order valence-electron chi connectivity index (χ4n) is 0.689. The Morgan fingerprint density at radius 1 is 1.27 bits per heavy atom. The molecule has 58 valence electrons. The lowest BCUT2D eigenvalue weighted by atomic mass is 10.2. The van der Waals surface area contributed by atoms with Crippen LogP contribution in [-0.2, 0) is 0 Å². The predicted octanol–water partition coefficient (Wildman–Crippen LogP) is 1.88. The van der Waals surface area contributed by atoms with E-state index in [1.165, 1.54) is 0 Å². The molecular weight excluding hydrogens is 150 g/mol. The first-order valence-electron chi connectivity index (χ1n) is 2.86. The number of nitrogens with two attached hydrogens (primary N) is 1. The molecule has 0 heterocycles. The molecule has 0 aliphatic heterocycles. The summed E-state index contributed by atoms with van der Waals surface area (Å²) in [6.07, 6.45) is 0. The number of rotatable bonds is 1. The van der Waals surface area contributed by atoms with Crippen LogP contribution in [-0.4, -0.2) is 6.72 Å². The maximum Gasteiger partial charge on any atom is 0.161 e. The van der Waals surface area contributed by atoms with Crippen molar-refractivity contribution in [1.29, 1.82) is 0 Å². The monoisotopic (exact) mass is 156 g/mol. The lowest BCUT2D eigenvalue weighted by Crippen LogP contribution is -1.90. The summed E-state index contributed by atoms with van der Waals surface area (Å²) in [5, 5.41) is 0. The molecule has 0 aliphatic carbocycles. The Morgan fingerprint density at radius 2 is 1.82 bits per heavy atom. The van der Waals surface area contributed by atoms with Gasteiger partial charge in [0.2, 0.25) is 0 Å². The fraction of sp³-hybridized carbons (Fsp3) is 0. The number of hydrogen-bond donors (Lipinski definition) is 1. The maximum absolute atomic E-state index is 12.4. The molecule has 11 heavy (non-hydrogen) atoms. The Hall–Kier alpha value is -1.45. The minimum atomic E-state index is -0.977. The fourth-order valence-corrected chi connectivity index (χ4v) is 0.689. The summed E-state index contributed by atoms with van der Waals surface area (Å²) in [7, 11) is 0. The van der Waals surface area contributed by atoms with Gasteiger partial charge in [0.15, 0.2) is 11.6 Å². The van der Waals surface area contributed by atoms with Crippen LogP contribution in [0.25, 0.3) is 0 Å². The van der Waals surface area contributed by atoms with Crippen molar-refractivity contribution in [3.8, 4) is 0 Å².